The minimum atomic E-state index is -3.67. The Bertz CT molecular complexity index is 966. The molecule has 29 heavy (non-hydrogen) atoms. The zero-order valence-corrected chi connectivity index (χ0v) is 15.5. The molecule has 0 radical (unpaired) electrons. The Kier molecular flexibility index (Phi) is 6.22. The van der Waals surface area contributed by atoms with E-state index in [2.05, 4.69) is 35.2 Å². The van der Waals surface area contributed by atoms with Crippen LogP contribution >= 0.6 is 0 Å². The Labute approximate surface area is 165 Å². The number of methoxy groups -OCH3 is 1. The minimum absolute atomic E-state index is 0. The van der Waals surface area contributed by atoms with Crippen LogP contribution in [0.2, 0.25) is 0 Å². The highest BCUT2D eigenvalue weighted by Gasteiger charge is 2.43. The topological polar surface area (TPSA) is 40.2 Å². The molecule has 0 N–H and O–H groups in total. The summed E-state index contributed by atoms with van der Waals surface area (Å²) in [5.74, 6) is 1.81. The van der Waals surface area contributed by atoms with Crippen LogP contribution in [0.25, 0.3) is 5.69 Å². The highest BCUT2D eigenvalue weighted by molar-refractivity contribution is 6.33. The van der Waals surface area contributed by atoms with Crippen molar-refractivity contribution in [3.05, 3.63) is 71.8 Å². The summed E-state index contributed by atoms with van der Waals surface area (Å²) in [5.41, 5.74) is 3.74. The number of fused-ring (bicyclic) bond motifs is 5. The molecule has 5 rings (SSSR count). The molecule has 152 valence electrons. The predicted octanol–water partition coefficient (Wildman–Crippen LogP) is 0.0965. The second-order valence-electron chi connectivity index (χ2n) is 6.53. The Morgan fingerprint density at radius 1 is 1.14 bits per heavy atom. The molecule has 1 aliphatic carbocycles. The van der Waals surface area contributed by atoms with Crippen LogP contribution in [0.1, 0.15) is 23.0 Å². The molecular weight excluding hydrogens is 389 g/mol. The lowest BCUT2D eigenvalue weighted by Crippen LogP contribution is -3.00. The Morgan fingerprint density at radius 3 is 2.52 bits per heavy atom. The third-order valence-electron chi connectivity index (χ3n) is 4.97. The van der Waals surface area contributed by atoms with Gasteiger partial charge in [-0.05, 0) is 35.4 Å². The molecule has 0 saturated carbocycles. The van der Waals surface area contributed by atoms with E-state index >= 15 is 0 Å². The molecule has 10 heteroatoms. The van der Waals surface area contributed by atoms with Gasteiger partial charge in [0.1, 0.15) is 30.2 Å². The molecule has 2 heterocycles. The molecule has 3 aromatic rings. The average molecular weight is 407 g/mol. The third-order valence-corrected chi connectivity index (χ3v) is 4.97. The highest BCUT2D eigenvalue weighted by Crippen LogP contribution is 2.35. The fourth-order valence-electron chi connectivity index (χ4n) is 3.78. The van der Waals surface area contributed by atoms with Crippen LogP contribution < -0.4 is 14.0 Å². The second kappa shape index (κ2) is 8.65. The van der Waals surface area contributed by atoms with E-state index in [0.717, 1.165) is 23.7 Å². The number of nitrogens with zero attached hydrogens (tertiary/aromatic N) is 3. The molecule has 0 unspecified atom stereocenters. The Balaban J connectivity index is 0.000000443. The summed E-state index contributed by atoms with van der Waals surface area (Å²) in [6.07, 6.45) is 3.26. The highest BCUT2D eigenvalue weighted by atomic mass is 19.4. The standard InChI is InChI=1S/C19H18N3O2.BF3.FH/c1-23-15-8-6-14(7-9-15)22-12-21-18(20-22)11-24-17-10-13-4-2-3-5-16(13)19(17)21;2-1(3)4;/h2-9,12,17,19H,10-11H2,1H3;;1H/q+1;;/p-1/t17-,19-;;/m1../s1. The van der Waals surface area contributed by atoms with Gasteiger partial charge in [-0.1, -0.05) is 28.9 Å². The maximum absolute atomic E-state index is 9.67. The van der Waals surface area contributed by atoms with Crippen LogP contribution in [0.4, 0.5) is 12.9 Å². The van der Waals surface area contributed by atoms with Gasteiger partial charge in [0.2, 0.25) is 6.33 Å². The van der Waals surface area contributed by atoms with Crippen LogP contribution in [-0.2, 0) is 17.8 Å². The van der Waals surface area contributed by atoms with Gasteiger partial charge in [0.05, 0.1) is 7.11 Å². The number of aromatic nitrogens is 3. The quantitative estimate of drug-likeness (QED) is 0.344. The Hall–Kier alpha value is -2.88. The maximum Gasteiger partial charge on any atom is 0.762 e. The second-order valence-corrected chi connectivity index (χ2v) is 6.53. The zero-order valence-electron chi connectivity index (χ0n) is 15.5. The molecule has 5 nitrogen and oxygen atoms in total. The molecule has 2 atom stereocenters. The number of halogens is 4. The van der Waals surface area contributed by atoms with Gasteiger partial charge < -0.3 is 14.2 Å². The SMILES string of the molecule is COc1ccc(-n2c[n+]3c(n2)CO[C@@H]2Cc4ccccc4[C@H]23)cc1.FB(F)F.[F-]. The van der Waals surface area contributed by atoms with Gasteiger partial charge in [-0.3, -0.25) is 12.9 Å². The van der Waals surface area contributed by atoms with E-state index in [1.807, 2.05) is 28.9 Å². The number of ether oxygens (including phenoxy) is 2. The minimum Gasteiger partial charge on any atom is -1.00 e. The molecule has 0 amide bonds. The number of hydrogen-bond donors (Lipinski definition) is 0. The van der Waals surface area contributed by atoms with E-state index in [1.165, 1.54) is 11.1 Å². The van der Waals surface area contributed by atoms with Crippen molar-refractivity contribution in [1.29, 1.82) is 0 Å². The van der Waals surface area contributed by atoms with Gasteiger partial charge in [-0.2, -0.15) is 0 Å². The van der Waals surface area contributed by atoms with Crippen LogP contribution in [0.15, 0.2) is 54.9 Å². The van der Waals surface area contributed by atoms with E-state index in [4.69, 9.17) is 14.6 Å². The largest absolute Gasteiger partial charge is 1.00 e. The van der Waals surface area contributed by atoms with Crippen molar-refractivity contribution in [2.45, 2.75) is 25.2 Å². The van der Waals surface area contributed by atoms with Crippen molar-refractivity contribution in [3.63, 3.8) is 0 Å². The van der Waals surface area contributed by atoms with Crippen molar-refractivity contribution >= 4 is 7.54 Å². The average Bonchev–Trinajstić information content (AvgIpc) is 3.28. The number of benzene rings is 2. The molecule has 1 aromatic heterocycles. The van der Waals surface area contributed by atoms with Gasteiger partial charge >= 0.3 is 13.4 Å². The fourth-order valence-corrected chi connectivity index (χ4v) is 3.78. The first kappa shape index (κ1) is 20.8. The number of hydrogen-bond acceptors (Lipinski definition) is 3. The summed E-state index contributed by atoms with van der Waals surface area (Å²) in [7, 11) is -1.99. The summed E-state index contributed by atoms with van der Waals surface area (Å²) < 4.78 is 44.5. The van der Waals surface area contributed by atoms with E-state index in [0.29, 0.717) is 6.61 Å². The van der Waals surface area contributed by atoms with E-state index < -0.39 is 7.54 Å². The fraction of sp³-hybridized carbons (Fsp3) is 0.263. The normalized spacial score (nSPS) is 18.3. The van der Waals surface area contributed by atoms with E-state index in [9.17, 15) is 12.9 Å². The van der Waals surface area contributed by atoms with Crippen LogP contribution in [0, 0.1) is 0 Å². The van der Waals surface area contributed by atoms with Gasteiger partial charge in [-0.25, -0.2) is 4.57 Å². The summed E-state index contributed by atoms with van der Waals surface area (Å²) in [4.78, 5) is 0. The third kappa shape index (κ3) is 4.12. The summed E-state index contributed by atoms with van der Waals surface area (Å²) in [6.45, 7) is 0.554. The molecule has 0 saturated heterocycles. The maximum atomic E-state index is 9.67. The first-order valence-corrected chi connectivity index (χ1v) is 8.82. The van der Waals surface area contributed by atoms with E-state index in [-0.39, 0.29) is 16.9 Å². The monoisotopic (exact) mass is 407 g/mol. The molecule has 0 fully saturated rings. The zero-order chi connectivity index (χ0) is 19.7. The van der Waals surface area contributed by atoms with Crippen molar-refractivity contribution in [1.82, 2.24) is 9.78 Å². The molecule has 0 bridgehead atoms. The lowest BCUT2D eigenvalue weighted by atomic mass is 10.1. The van der Waals surface area contributed by atoms with Crippen LogP contribution in [0.3, 0.4) is 0 Å². The van der Waals surface area contributed by atoms with Gasteiger partial charge in [0.25, 0.3) is 0 Å². The first-order chi connectivity index (χ1) is 13.6. The molecular formula is C19H18BF4N3O2. The van der Waals surface area contributed by atoms with Gasteiger partial charge in [-0.15, -0.1) is 0 Å². The Morgan fingerprint density at radius 2 is 1.83 bits per heavy atom. The van der Waals surface area contributed by atoms with Crippen molar-refractivity contribution in [2.24, 2.45) is 0 Å². The summed E-state index contributed by atoms with van der Waals surface area (Å²) in [6, 6.07) is 16.7. The lowest BCUT2D eigenvalue weighted by molar-refractivity contribution is -0.739. The number of rotatable bonds is 2. The molecule has 0 spiro atoms. The van der Waals surface area contributed by atoms with Crippen LogP contribution in [0.5, 0.6) is 5.75 Å². The summed E-state index contributed by atoms with van der Waals surface area (Å²) >= 11 is 0. The van der Waals surface area contributed by atoms with Gasteiger partial charge in [0.15, 0.2) is 0 Å². The van der Waals surface area contributed by atoms with Crippen LogP contribution in [-0.4, -0.2) is 30.5 Å². The van der Waals surface area contributed by atoms with E-state index in [1.54, 1.807) is 7.11 Å². The predicted molar refractivity (Wildman–Crippen MR) is 96.3 cm³/mol. The smallest absolute Gasteiger partial charge is 0.762 e. The van der Waals surface area contributed by atoms with Crippen molar-refractivity contribution in [3.8, 4) is 11.4 Å². The molecule has 2 aromatic carbocycles. The van der Waals surface area contributed by atoms with Gasteiger partial charge in [0, 0.05) is 11.5 Å². The summed E-state index contributed by atoms with van der Waals surface area (Å²) in [5, 5.41) is 4.72. The lowest BCUT2D eigenvalue weighted by Gasteiger charge is -2.23. The van der Waals surface area contributed by atoms with Crippen molar-refractivity contribution in [2.75, 3.05) is 7.11 Å². The van der Waals surface area contributed by atoms with Crippen molar-refractivity contribution < 1.29 is 31.7 Å². The molecule has 1 aliphatic heterocycles. The first-order valence-electron chi connectivity index (χ1n) is 8.82. The molecule has 2 aliphatic rings.